The molecule has 0 radical (unpaired) electrons. The fourth-order valence-electron chi connectivity index (χ4n) is 2.53. The Morgan fingerprint density at radius 1 is 1.28 bits per heavy atom. The molecule has 1 N–H and O–H groups in total. The van der Waals surface area contributed by atoms with E-state index in [2.05, 4.69) is 18.7 Å². The highest BCUT2D eigenvalue weighted by atomic mass is 16.4. The second kappa shape index (κ2) is 5.40. The molecule has 1 saturated heterocycles. The molecule has 0 bridgehead atoms. The van der Waals surface area contributed by atoms with Gasteiger partial charge in [0.05, 0.1) is 38.2 Å². The maximum absolute atomic E-state index is 11.1. The number of quaternary nitrogens is 1. The summed E-state index contributed by atoms with van der Waals surface area (Å²) in [5.74, 6) is -1.09. The average Bonchev–Trinajstić information content (AvgIpc) is 2.39. The summed E-state index contributed by atoms with van der Waals surface area (Å²) < 4.78 is 0. The lowest BCUT2D eigenvalue weighted by molar-refractivity contribution is -0.921. The van der Waals surface area contributed by atoms with E-state index >= 15 is 0 Å². The van der Waals surface area contributed by atoms with E-state index in [1.54, 1.807) is 17.0 Å². The molecule has 0 atom stereocenters. The molecule has 1 heterocycles. The van der Waals surface area contributed by atoms with Crippen molar-refractivity contribution in [2.45, 2.75) is 19.9 Å². The number of rotatable bonds is 3. The quantitative estimate of drug-likeness (QED) is 0.759. The lowest BCUT2D eigenvalue weighted by Crippen LogP contribution is -3.17. The molecule has 0 unspecified atom stereocenters. The molecule has 2 rings (SSSR count). The van der Waals surface area contributed by atoms with Gasteiger partial charge < -0.3 is 19.7 Å². The minimum atomic E-state index is -1.09. The Kier molecular flexibility index (Phi) is 3.87. The summed E-state index contributed by atoms with van der Waals surface area (Å²) in [5.41, 5.74) is 1.09. The van der Waals surface area contributed by atoms with E-state index in [0.717, 1.165) is 31.9 Å². The zero-order chi connectivity index (χ0) is 13.1. The predicted octanol–water partition coefficient (Wildman–Crippen LogP) is -0.837. The molecular formula is C14H20N2O2. The van der Waals surface area contributed by atoms with E-state index in [0.29, 0.717) is 11.6 Å². The van der Waals surface area contributed by atoms with Crippen LogP contribution in [0.1, 0.15) is 24.2 Å². The molecule has 1 aliphatic rings. The third-order valence-electron chi connectivity index (χ3n) is 3.69. The highest BCUT2D eigenvalue weighted by molar-refractivity contribution is 5.93. The zero-order valence-corrected chi connectivity index (χ0v) is 11.0. The number of para-hydroxylation sites is 1. The Labute approximate surface area is 108 Å². The van der Waals surface area contributed by atoms with Crippen molar-refractivity contribution in [2.24, 2.45) is 0 Å². The van der Waals surface area contributed by atoms with Crippen LogP contribution in [0.5, 0.6) is 0 Å². The maximum atomic E-state index is 11.1. The largest absolute Gasteiger partial charge is 0.545 e. The molecule has 0 spiro atoms. The summed E-state index contributed by atoms with van der Waals surface area (Å²) >= 11 is 0. The molecule has 98 valence electrons. The van der Waals surface area contributed by atoms with Crippen molar-refractivity contribution >= 4 is 11.7 Å². The molecule has 1 aromatic rings. The van der Waals surface area contributed by atoms with Crippen molar-refractivity contribution in [1.29, 1.82) is 0 Å². The van der Waals surface area contributed by atoms with Gasteiger partial charge in [0.15, 0.2) is 0 Å². The normalized spacial score (nSPS) is 17.2. The first kappa shape index (κ1) is 12.9. The molecule has 18 heavy (non-hydrogen) atoms. The van der Waals surface area contributed by atoms with E-state index in [1.807, 2.05) is 12.1 Å². The smallest absolute Gasteiger partial charge is 0.0951 e. The van der Waals surface area contributed by atoms with E-state index in [4.69, 9.17) is 0 Å². The van der Waals surface area contributed by atoms with E-state index < -0.39 is 5.97 Å². The molecule has 1 aliphatic heterocycles. The number of carbonyl (C=O) groups is 1. The minimum absolute atomic E-state index is 0.297. The highest BCUT2D eigenvalue weighted by Gasteiger charge is 2.23. The molecular weight excluding hydrogens is 228 g/mol. The Morgan fingerprint density at radius 2 is 1.89 bits per heavy atom. The number of nitrogens with one attached hydrogen (secondary N) is 1. The van der Waals surface area contributed by atoms with Gasteiger partial charge in [-0.15, -0.1) is 0 Å². The number of anilines is 1. The summed E-state index contributed by atoms with van der Waals surface area (Å²) in [5, 5.41) is 11.1. The molecule has 1 aromatic carbocycles. The van der Waals surface area contributed by atoms with Crippen LogP contribution < -0.4 is 14.9 Å². The lowest BCUT2D eigenvalue weighted by atomic mass is 10.1. The lowest BCUT2D eigenvalue weighted by Gasteiger charge is -2.36. The summed E-state index contributed by atoms with van der Waals surface area (Å²) in [6.45, 7) is 8.36. The first-order valence-corrected chi connectivity index (χ1v) is 6.49. The summed E-state index contributed by atoms with van der Waals surface area (Å²) in [4.78, 5) is 14.8. The summed E-state index contributed by atoms with van der Waals surface area (Å²) in [7, 11) is 0. The zero-order valence-electron chi connectivity index (χ0n) is 11.0. The number of aromatic carboxylic acids is 1. The van der Waals surface area contributed by atoms with Crippen LogP contribution >= 0.6 is 0 Å². The highest BCUT2D eigenvalue weighted by Crippen LogP contribution is 2.19. The summed E-state index contributed by atoms with van der Waals surface area (Å²) in [6.07, 6.45) is 0. The van der Waals surface area contributed by atoms with Gasteiger partial charge in [0, 0.05) is 11.3 Å². The number of benzene rings is 1. The van der Waals surface area contributed by atoms with Gasteiger partial charge in [-0.25, -0.2) is 0 Å². The Hall–Kier alpha value is -1.55. The van der Waals surface area contributed by atoms with Crippen LogP contribution in [-0.4, -0.2) is 38.2 Å². The number of carboxylic acids is 1. The molecule has 0 aromatic heterocycles. The van der Waals surface area contributed by atoms with E-state index in [9.17, 15) is 9.90 Å². The fraction of sp³-hybridized carbons (Fsp3) is 0.500. The van der Waals surface area contributed by atoms with Gasteiger partial charge in [-0.3, -0.25) is 0 Å². The Balaban J connectivity index is 2.12. The van der Waals surface area contributed by atoms with Crippen LogP contribution in [0.15, 0.2) is 24.3 Å². The molecule has 4 heteroatoms. The number of piperazine rings is 1. The molecule has 0 amide bonds. The van der Waals surface area contributed by atoms with Gasteiger partial charge in [0.25, 0.3) is 0 Å². The standard InChI is InChI=1S/C14H20N2O2/c1-11(2)15-7-9-16(10-8-15)13-6-4-3-5-12(13)14(17)18/h3-6,11H,7-10H2,1-2H3,(H,17,18). The second-order valence-electron chi connectivity index (χ2n) is 5.10. The number of nitrogens with zero attached hydrogens (tertiary/aromatic N) is 1. The molecule has 4 nitrogen and oxygen atoms in total. The molecule has 0 saturated carbocycles. The van der Waals surface area contributed by atoms with Crippen molar-refractivity contribution in [3.63, 3.8) is 0 Å². The predicted molar refractivity (Wildman–Crippen MR) is 68.8 cm³/mol. The fourth-order valence-corrected chi connectivity index (χ4v) is 2.53. The van der Waals surface area contributed by atoms with Crippen molar-refractivity contribution in [1.82, 2.24) is 0 Å². The van der Waals surface area contributed by atoms with Crippen LogP contribution in [0, 0.1) is 0 Å². The number of carbonyl (C=O) groups excluding carboxylic acids is 1. The van der Waals surface area contributed by atoms with Crippen LogP contribution in [0.25, 0.3) is 0 Å². The van der Waals surface area contributed by atoms with Crippen LogP contribution in [-0.2, 0) is 0 Å². The van der Waals surface area contributed by atoms with Gasteiger partial charge in [-0.2, -0.15) is 0 Å². The van der Waals surface area contributed by atoms with Gasteiger partial charge in [0.1, 0.15) is 0 Å². The topological polar surface area (TPSA) is 47.8 Å². The monoisotopic (exact) mass is 248 g/mol. The Morgan fingerprint density at radius 3 is 2.44 bits per heavy atom. The second-order valence-corrected chi connectivity index (χ2v) is 5.10. The van der Waals surface area contributed by atoms with Crippen LogP contribution in [0.2, 0.25) is 0 Å². The average molecular weight is 248 g/mol. The van der Waals surface area contributed by atoms with Gasteiger partial charge in [0.2, 0.25) is 0 Å². The van der Waals surface area contributed by atoms with Gasteiger partial charge in [-0.05, 0) is 19.9 Å². The first-order chi connectivity index (χ1) is 8.59. The first-order valence-electron chi connectivity index (χ1n) is 6.49. The number of hydrogen-bond acceptors (Lipinski definition) is 3. The third kappa shape index (κ3) is 2.64. The van der Waals surface area contributed by atoms with Crippen molar-refractivity contribution in [3.8, 4) is 0 Å². The van der Waals surface area contributed by atoms with E-state index in [-0.39, 0.29) is 0 Å². The molecule has 1 fully saturated rings. The van der Waals surface area contributed by atoms with Crippen molar-refractivity contribution in [3.05, 3.63) is 29.8 Å². The Bertz CT molecular complexity index is 424. The SMILES string of the molecule is CC(C)[NH+]1CCN(c2ccccc2C(=O)[O-])CC1. The van der Waals surface area contributed by atoms with Gasteiger partial charge in [-0.1, -0.05) is 18.2 Å². The van der Waals surface area contributed by atoms with Crippen LogP contribution in [0.3, 0.4) is 0 Å². The van der Waals surface area contributed by atoms with E-state index in [1.165, 1.54) is 0 Å². The number of hydrogen-bond donors (Lipinski definition) is 1. The van der Waals surface area contributed by atoms with Crippen LogP contribution in [0.4, 0.5) is 5.69 Å². The maximum Gasteiger partial charge on any atom is 0.0951 e. The minimum Gasteiger partial charge on any atom is -0.545 e. The van der Waals surface area contributed by atoms with Crippen molar-refractivity contribution < 1.29 is 14.8 Å². The molecule has 0 aliphatic carbocycles. The number of carboxylic acid groups (broad SMARTS) is 1. The van der Waals surface area contributed by atoms with Gasteiger partial charge >= 0.3 is 0 Å². The summed E-state index contributed by atoms with van der Waals surface area (Å²) in [6, 6.07) is 7.73. The third-order valence-corrected chi connectivity index (χ3v) is 3.69. The van der Waals surface area contributed by atoms with Crippen molar-refractivity contribution in [2.75, 3.05) is 31.1 Å².